The molecule has 1 N–H and O–H groups in total. The number of rotatable bonds is 2. The third kappa shape index (κ3) is 2.55. The topological polar surface area (TPSA) is 63.5 Å². The number of amides is 1. The van der Waals surface area contributed by atoms with Gasteiger partial charge in [0, 0.05) is 24.9 Å². The minimum absolute atomic E-state index is 0.128. The van der Waals surface area contributed by atoms with Crippen LogP contribution in [0.4, 0.5) is 5.69 Å². The van der Waals surface area contributed by atoms with Crippen LogP contribution in [-0.4, -0.2) is 17.0 Å². The summed E-state index contributed by atoms with van der Waals surface area (Å²) in [6.07, 6.45) is 2.22. The number of nitrogens with zero attached hydrogens (tertiary/aromatic N) is 2. The van der Waals surface area contributed by atoms with Crippen LogP contribution in [0.1, 0.15) is 6.42 Å². The number of carbonyl (C=O) groups excluding carboxylic acids is 1. The molecule has 0 fully saturated rings. The summed E-state index contributed by atoms with van der Waals surface area (Å²) in [5.41, 5.74) is 0.580. The van der Waals surface area contributed by atoms with Gasteiger partial charge >= 0.3 is 0 Å². The average molecular weight is 287 g/mol. The number of anilines is 1. The molecule has 20 heavy (non-hydrogen) atoms. The van der Waals surface area contributed by atoms with Gasteiger partial charge in [0.15, 0.2) is 4.80 Å². The summed E-state index contributed by atoms with van der Waals surface area (Å²) in [6.45, 7) is 1.43. The Labute approximate surface area is 118 Å². The van der Waals surface area contributed by atoms with Gasteiger partial charge in [-0.05, 0) is 18.6 Å². The maximum atomic E-state index is 12.1. The second kappa shape index (κ2) is 5.42. The van der Waals surface area contributed by atoms with E-state index in [1.54, 1.807) is 16.7 Å². The van der Waals surface area contributed by atoms with Crippen molar-refractivity contribution in [3.63, 3.8) is 0 Å². The molecule has 1 amide bonds. The van der Waals surface area contributed by atoms with E-state index in [4.69, 9.17) is 0 Å². The van der Waals surface area contributed by atoms with Crippen LogP contribution in [0, 0.1) is 0 Å². The lowest BCUT2D eigenvalue weighted by atomic mass is 10.3. The van der Waals surface area contributed by atoms with Gasteiger partial charge in [-0.15, -0.1) is 0 Å². The van der Waals surface area contributed by atoms with Gasteiger partial charge in [-0.1, -0.05) is 29.5 Å². The molecular weight excluding hydrogens is 274 g/mol. The van der Waals surface area contributed by atoms with Crippen molar-refractivity contribution in [3.05, 3.63) is 50.0 Å². The van der Waals surface area contributed by atoms with E-state index in [9.17, 15) is 9.59 Å². The second-order valence-electron chi connectivity index (χ2n) is 4.44. The predicted octanol–water partition coefficient (Wildman–Crippen LogP) is 0.352. The summed E-state index contributed by atoms with van der Waals surface area (Å²) in [6, 6.07) is 9.15. The zero-order valence-electron chi connectivity index (χ0n) is 10.7. The van der Waals surface area contributed by atoms with Crippen molar-refractivity contribution in [3.8, 4) is 0 Å². The fourth-order valence-electron chi connectivity index (χ4n) is 2.05. The van der Waals surface area contributed by atoms with Crippen LogP contribution < -0.4 is 20.2 Å². The van der Waals surface area contributed by atoms with E-state index >= 15 is 0 Å². The van der Waals surface area contributed by atoms with Gasteiger partial charge in [0.05, 0.1) is 0 Å². The van der Waals surface area contributed by atoms with Crippen LogP contribution in [0.2, 0.25) is 0 Å². The smallest absolute Gasteiger partial charge is 0.270 e. The van der Waals surface area contributed by atoms with E-state index in [1.807, 2.05) is 18.2 Å². The molecule has 0 saturated heterocycles. The molecule has 0 saturated carbocycles. The summed E-state index contributed by atoms with van der Waals surface area (Å²) in [5, 5.41) is 2.73. The number of fused-ring (bicyclic) bond motifs is 1. The number of thiazole rings is 1. The van der Waals surface area contributed by atoms with Crippen molar-refractivity contribution in [1.29, 1.82) is 0 Å². The van der Waals surface area contributed by atoms with Crippen LogP contribution in [0.15, 0.2) is 40.1 Å². The number of benzene rings is 1. The molecule has 1 aliphatic rings. The molecule has 6 heteroatoms. The Kier molecular flexibility index (Phi) is 3.47. The third-order valence-electron chi connectivity index (χ3n) is 2.98. The Balaban J connectivity index is 1.92. The van der Waals surface area contributed by atoms with Crippen molar-refractivity contribution in [2.45, 2.75) is 13.0 Å². The molecule has 0 unspecified atom stereocenters. The summed E-state index contributed by atoms with van der Waals surface area (Å²) < 4.78 is 2.06. The first-order chi connectivity index (χ1) is 9.74. The van der Waals surface area contributed by atoms with Crippen LogP contribution in [0.5, 0.6) is 0 Å². The van der Waals surface area contributed by atoms with Crippen LogP contribution >= 0.6 is 11.3 Å². The molecule has 102 valence electrons. The van der Waals surface area contributed by atoms with E-state index in [1.165, 1.54) is 17.4 Å². The quantitative estimate of drug-likeness (QED) is 0.866. The van der Waals surface area contributed by atoms with Crippen molar-refractivity contribution in [2.75, 3.05) is 11.9 Å². The average Bonchev–Trinajstić information content (AvgIpc) is 2.77. The Morgan fingerprint density at radius 3 is 2.90 bits per heavy atom. The largest absolute Gasteiger partial charge is 0.322 e. The fourth-order valence-corrected chi connectivity index (χ4v) is 3.05. The predicted molar refractivity (Wildman–Crippen MR) is 78.4 cm³/mol. The number of aromatic nitrogens is 1. The first-order valence-electron chi connectivity index (χ1n) is 6.36. The van der Waals surface area contributed by atoms with Crippen molar-refractivity contribution in [2.24, 2.45) is 4.99 Å². The number of nitrogens with one attached hydrogen (secondary N) is 1. The van der Waals surface area contributed by atoms with E-state index in [-0.39, 0.29) is 11.5 Å². The van der Waals surface area contributed by atoms with Crippen molar-refractivity contribution in [1.82, 2.24) is 4.57 Å². The maximum absolute atomic E-state index is 12.1. The summed E-state index contributed by atoms with van der Waals surface area (Å²) in [7, 11) is 0. The van der Waals surface area contributed by atoms with Gasteiger partial charge in [0.1, 0.15) is 4.53 Å². The fraction of sp³-hybridized carbons (Fsp3) is 0.214. The highest BCUT2D eigenvalue weighted by Crippen LogP contribution is 2.04. The van der Waals surface area contributed by atoms with Crippen molar-refractivity contribution < 1.29 is 4.79 Å². The van der Waals surface area contributed by atoms with Crippen molar-refractivity contribution >= 4 is 29.0 Å². The van der Waals surface area contributed by atoms with Crippen LogP contribution in [0.25, 0.3) is 6.08 Å². The van der Waals surface area contributed by atoms with E-state index in [0.29, 0.717) is 21.6 Å². The molecule has 0 radical (unpaired) electrons. The lowest BCUT2D eigenvalue weighted by Crippen LogP contribution is -2.34. The van der Waals surface area contributed by atoms with Gasteiger partial charge in [-0.3, -0.25) is 19.1 Å². The van der Waals surface area contributed by atoms with Gasteiger partial charge in [-0.2, -0.15) is 0 Å². The highest BCUT2D eigenvalue weighted by atomic mass is 32.1. The monoisotopic (exact) mass is 287 g/mol. The van der Waals surface area contributed by atoms with Gasteiger partial charge < -0.3 is 5.32 Å². The first-order valence-corrected chi connectivity index (χ1v) is 7.17. The first kappa shape index (κ1) is 12.8. The molecule has 5 nitrogen and oxygen atoms in total. The molecule has 2 heterocycles. The van der Waals surface area contributed by atoms with Crippen LogP contribution in [0.3, 0.4) is 0 Å². The second-order valence-corrected chi connectivity index (χ2v) is 5.45. The lowest BCUT2D eigenvalue weighted by Gasteiger charge is -2.03. The van der Waals surface area contributed by atoms with E-state index in [0.717, 1.165) is 13.0 Å². The molecule has 2 aromatic rings. The molecule has 3 rings (SSSR count). The minimum Gasteiger partial charge on any atom is -0.322 e. The minimum atomic E-state index is -0.299. The third-order valence-corrected chi connectivity index (χ3v) is 4.02. The van der Waals surface area contributed by atoms with Gasteiger partial charge in [-0.25, -0.2) is 0 Å². The molecule has 0 spiro atoms. The summed E-state index contributed by atoms with van der Waals surface area (Å²) >= 11 is 1.27. The molecule has 0 atom stereocenters. The number of hydrogen-bond acceptors (Lipinski definition) is 4. The Morgan fingerprint density at radius 1 is 1.35 bits per heavy atom. The molecule has 0 bridgehead atoms. The van der Waals surface area contributed by atoms with E-state index in [2.05, 4.69) is 10.3 Å². The molecule has 1 aromatic carbocycles. The zero-order valence-corrected chi connectivity index (χ0v) is 11.5. The highest BCUT2D eigenvalue weighted by molar-refractivity contribution is 7.07. The normalized spacial score (nSPS) is 14.5. The summed E-state index contributed by atoms with van der Waals surface area (Å²) in [4.78, 5) is 29.0. The molecule has 1 aromatic heterocycles. The number of carbonyl (C=O) groups is 1. The Bertz CT molecular complexity index is 805. The standard InChI is InChI=1S/C14H13N3O2S/c18-12(16-10-5-2-1-3-6-10)9-11-13(19)17-8-4-7-15-14(17)20-11/h1-3,5-6,9H,4,7-8H2,(H,16,18)/b11-9+. The van der Waals surface area contributed by atoms with Crippen LogP contribution in [-0.2, 0) is 11.3 Å². The van der Waals surface area contributed by atoms with Gasteiger partial charge in [0.2, 0.25) is 5.91 Å². The maximum Gasteiger partial charge on any atom is 0.270 e. The van der Waals surface area contributed by atoms with E-state index < -0.39 is 0 Å². The molecule has 0 aliphatic carbocycles. The Hall–Kier alpha value is -2.21. The Morgan fingerprint density at radius 2 is 2.15 bits per heavy atom. The summed E-state index contributed by atoms with van der Waals surface area (Å²) in [5.74, 6) is -0.299. The lowest BCUT2D eigenvalue weighted by molar-refractivity contribution is -0.110. The SMILES string of the molecule is O=C(/C=c1/sc2n(c1=O)CCCN=2)Nc1ccccc1. The molecule has 1 aliphatic heterocycles. The molecular formula is C14H13N3O2S. The number of para-hydroxylation sites is 1. The highest BCUT2D eigenvalue weighted by Gasteiger charge is 2.09. The van der Waals surface area contributed by atoms with Gasteiger partial charge in [0.25, 0.3) is 5.56 Å². The zero-order chi connectivity index (χ0) is 13.9. The number of hydrogen-bond donors (Lipinski definition) is 1.